The molecule has 0 spiro atoms. The highest BCUT2D eigenvalue weighted by Crippen LogP contribution is 2.12. The van der Waals surface area contributed by atoms with E-state index in [0.29, 0.717) is 11.3 Å². The number of anilines is 1. The number of benzene rings is 2. The van der Waals surface area contributed by atoms with Crippen molar-refractivity contribution in [1.29, 1.82) is 0 Å². The highest BCUT2D eigenvalue weighted by atomic mass is 32.2. The summed E-state index contributed by atoms with van der Waals surface area (Å²) in [4.78, 5) is 11.6. The SMILES string of the molecule is CC(C)C(=O)Nc1ccc(CNS(=O)(=O)Cc2ccc(F)cc2)cc1. The molecule has 2 aromatic carbocycles. The predicted octanol–water partition coefficient (Wildman–Crippen LogP) is 3.04. The Morgan fingerprint density at radius 1 is 1.00 bits per heavy atom. The van der Waals surface area contributed by atoms with Gasteiger partial charge in [0.05, 0.1) is 5.75 Å². The maximum atomic E-state index is 12.9. The Hall–Kier alpha value is -2.25. The summed E-state index contributed by atoms with van der Waals surface area (Å²) in [5.74, 6) is -0.806. The highest BCUT2D eigenvalue weighted by molar-refractivity contribution is 7.88. The number of carbonyl (C=O) groups is 1. The van der Waals surface area contributed by atoms with Gasteiger partial charge in [0, 0.05) is 18.2 Å². The molecule has 0 aromatic heterocycles. The molecule has 25 heavy (non-hydrogen) atoms. The van der Waals surface area contributed by atoms with Crippen molar-refractivity contribution < 1.29 is 17.6 Å². The zero-order valence-corrected chi connectivity index (χ0v) is 14.9. The summed E-state index contributed by atoms with van der Waals surface area (Å²) in [6.07, 6.45) is 0. The molecule has 0 fully saturated rings. The Morgan fingerprint density at radius 3 is 2.12 bits per heavy atom. The van der Waals surface area contributed by atoms with Crippen molar-refractivity contribution in [3.05, 3.63) is 65.5 Å². The fourth-order valence-electron chi connectivity index (χ4n) is 2.04. The van der Waals surface area contributed by atoms with Crippen molar-refractivity contribution in [2.45, 2.75) is 26.1 Å². The molecule has 0 unspecified atom stereocenters. The average molecular weight is 364 g/mol. The molecule has 1 amide bonds. The molecule has 0 aliphatic carbocycles. The van der Waals surface area contributed by atoms with Gasteiger partial charge in [-0.3, -0.25) is 4.79 Å². The monoisotopic (exact) mass is 364 g/mol. The van der Waals surface area contributed by atoms with Crippen LogP contribution >= 0.6 is 0 Å². The van der Waals surface area contributed by atoms with Crippen molar-refractivity contribution in [2.75, 3.05) is 5.32 Å². The molecule has 0 bridgehead atoms. The summed E-state index contributed by atoms with van der Waals surface area (Å²) in [6, 6.07) is 12.3. The van der Waals surface area contributed by atoms with Crippen molar-refractivity contribution >= 4 is 21.6 Å². The number of amides is 1. The summed E-state index contributed by atoms with van der Waals surface area (Å²) in [5.41, 5.74) is 1.95. The Kier molecular flexibility index (Phi) is 6.27. The van der Waals surface area contributed by atoms with Gasteiger partial charge in [-0.1, -0.05) is 38.1 Å². The zero-order valence-electron chi connectivity index (χ0n) is 14.1. The normalized spacial score (nSPS) is 11.5. The van der Waals surface area contributed by atoms with Crippen LogP contribution in [0, 0.1) is 11.7 Å². The van der Waals surface area contributed by atoms with E-state index in [0.717, 1.165) is 5.56 Å². The molecule has 134 valence electrons. The van der Waals surface area contributed by atoms with Crippen LogP contribution in [0.5, 0.6) is 0 Å². The van der Waals surface area contributed by atoms with Crippen LogP contribution < -0.4 is 10.0 Å². The minimum atomic E-state index is -3.53. The molecule has 0 heterocycles. The Labute approximate surface area is 147 Å². The maximum Gasteiger partial charge on any atom is 0.226 e. The number of sulfonamides is 1. The Morgan fingerprint density at radius 2 is 1.56 bits per heavy atom. The number of nitrogens with one attached hydrogen (secondary N) is 2. The van der Waals surface area contributed by atoms with Gasteiger partial charge in [-0.05, 0) is 35.4 Å². The van der Waals surface area contributed by atoms with E-state index in [1.807, 2.05) is 0 Å². The highest BCUT2D eigenvalue weighted by Gasteiger charge is 2.12. The number of hydrogen-bond donors (Lipinski definition) is 2. The second kappa shape index (κ2) is 8.22. The second-order valence-corrected chi connectivity index (χ2v) is 7.85. The first kappa shape index (κ1) is 19.1. The Bertz CT molecular complexity index is 816. The third kappa shape index (κ3) is 6.28. The van der Waals surface area contributed by atoms with Crippen molar-refractivity contribution in [3.63, 3.8) is 0 Å². The molecule has 2 aromatic rings. The largest absolute Gasteiger partial charge is 0.326 e. The summed E-state index contributed by atoms with van der Waals surface area (Å²) in [5, 5.41) is 2.77. The van der Waals surface area contributed by atoms with Gasteiger partial charge in [0.1, 0.15) is 5.82 Å². The fraction of sp³-hybridized carbons (Fsp3) is 0.278. The number of rotatable bonds is 7. The fourth-order valence-corrected chi connectivity index (χ4v) is 3.16. The van der Waals surface area contributed by atoms with Crippen LogP contribution in [0.25, 0.3) is 0 Å². The van der Waals surface area contributed by atoms with E-state index < -0.39 is 15.8 Å². The molecule has 0 radical (unpaired) electrons. The maximum absolute atomic E-state index is 12.9. The first-order chi connectivity index (χ1) is 11.7. The van der Waals surface area contributed by atoms with Gasteiger partial charge >= 0.3 is 0 Å². The molecule has 0 saturated heterocycles. The zero-order chi connectivity index (χ0) is 18.4. The van der Waals surface area contributed by atoms with E-state index in [-0.39, 0.29) is 24.1 Å². The van der Waals surface area contributed by atoms with E-state index in [1.54, 1.807) is 38.1 Å². The molecule has 0 aliphatic rings. The van der Waals surface area contributed by atoms with E-state index in [4.69, 9.17) is 0 Å². The first-order valence-corrected chi connectivity index (χ1v) is 9.52. The smallest absolute Gasteiger partial charge is 0.226 e. The van der Waals surface area contributed by atoms with Crippen LogP contribution in [0.15, 0.2) is 48.5 Å². The van der Waals surface area contributed by atoms with Crippen molar-refractivity contribution in [1.82, 2.24) is 4.72 Å². The van der Waals surface area contributed by atoms with Crippen LogP contribution in [-0.2, 0) is 27.1 Å². The van der Waals surface area contributed by atoms with Crippen LogP contribution in [-0.4, -0.2) is 14.3 Å². The summed E-state index contributed by atoms with van der Waals surface area (Å²) >= 11 is 0. The standard InChI is InChI=1S/C18H21FN2O3S/c1-13(2)18(22)21-17-9-5-14(6-10-17)11-20-25(23,24)12-15-3-7-16(19)8-4-15/h3-10,13,20H,11-12H2,1-2H3,(H,21,22). The lowest BCUT2D eigenvalue weighted by Crippen LogP contribution is -2.24. The van der Waals surface area contributed by atoms with Gasteiger partial charge in [-0.25, -0.2) is 17.5 Å². The van der Waals surface area contributed by atoms with Crippen LogP contribution in [0.1, 0.15) is 25.0 Å². The Balaban J connectivity index is 1.91. The number of carbonyl (C=O) groups excluding carboxylic acids is 1. The first-order valence-electron chi connectivity index (χ1n) is 7.87. The number of halogens is 1. The molecule has 0 atom stereocenters. The van der Waals surface area contributed by atoms with Gasteiger partial charge < -0.3 is 5.32 Å². The molecule has 2 rings (SSSR count). The lowest BCUT2D eigenvalue weighted by atomic mass is 10.2. The molecular formula is C18H21FN2O3S. The van der Waals surface area contributed by atoms with Crippen molar-refractivity contribution in [2.24, 2.45) is 5.92 Å². The summed E-state index contributed by atoms with van der Waals surface area (Å²) < 4.78 is 39.5. The molecule has 0 aliphatic heterocycles. The predicted molar refractivity (Wildman–Crippen MR) is 95.8 cm³/mol. The third-order valence-electron chi connectivity index (χ3n) is 3.51. The lowest BCUT2D eigenvalue weighted by molar-refractivity contribution is -0.118. The minimum Gasteiger partial charge on any atom is -0.326 e. The topological polar surface area (TPSA) is 75.3 Å². The van der Waals surface area contributed by atoms with Crippen LogP contribution in [0.4, 0.5) is 10.1 Å². The van der Waals surface area contributed by atoms with E-state index in [9.17, 15) is 17.6 Å². The van der Waals surface area contributed by atoms with Gasteiger partial charge in [-0.2, -0.15) is 0 Å². The molecule has 5 nitrogen and oxygen atoms in total. The summed E-state index contributed by atoms with van der Waals surface area (Å²) in [6.45, 7) is 3.75. The van der Waals surface area contributed by atoms with E-state index in [2.05, 4.69) is 10.0 Å². The van der Waals surface area contributed by atoms with Gasteiger partial charge in [0.2, 0.25) is 15.9 Å². The summed E-state index contributed by atoms with van der Waals surface area (Å²) in [7, 11) is -3.53. The van der Waals surface area contributed by atoms with E-state index >= 15 is 0 Å². The molecule has 0 saturated carbocycles. The lowest BCUT2D eigenvalue weighted by Gasteiger charge is -2.10. The number of hydrogen-bond acceptors (Lipinski definition) is 3. The molecule has 7 heteroatoms. The van der Waals surface area contributed by atoms with Gasteiger partial charge in [0.15, 0.2) is 0 Å². The van der Waals surface area contributed by atoms with Crippen molar-refractivity contribution in [3.8, 4) is 0 Å². The molecular weight excluding hydrogens is 343 g/mol. The second-order valence-electron chi connectivity index (χ2n) is 6.05. The minimum absolute atomic E-state index is 0.0762. The third-order valence-corrected chi connectivity index (χ3v) is 4.81. The molecule has 2 N–H and O–H groups in total. The van der Waals surface area contributed by atoms with E-state index in [1.165, 1.54) is 24.3 Å². The van der Waals surface area contributed by atoms with Gasteiger partial charge in [-0.15, -0.1) is 0 Å². The quantitative estimate of drug-likeness (QED) is 0.793. The van der Waals surface area contributed by atoms with Crippen LogP contribution in [0.2, 0.25) is 0 Å². The average Bonchev–Trinajstić information content (AvgIpc) is 2.56. The van der Waals surface area contributed by atoms with Gasteiger partial charge in [0.25, 0.3) is 0 Å². The van der Waals surface area contributed by atoms with Crippen LogP contribution in [0.3, 0.4) is 0 Å².